The van der Waals surface area contributed by atoms with Crippen LogP contribution in [0, 0.1) is 5.92 Å². The number of halogens is 1. The van der Waals surface area contributed by atoms with Gasteiger partial charge in [-0.15, -0.1) is 11.6 Å². The Morgan fingerprint density at radius 2 is 2.21 bits per heavy atom. The number of hydrogen-bond acceptors (Lipinski definition) is 2. The zero-order valence-corrected chi connectivity index (χ0v) is 9.59. The molecule has 0 spiro atoms. The van der Waals surface area contributed by atoms with Crippen molar-refractivity contribution in [3.05, 3.63) is 0 Å². The molecule has 1 amide bonds. The van der Waals surface area contributed by atoms with Crippen LogP contribution >= 0.6 is 11.6 Å². The number of carbonyl (C=O) groups is 1. The van der Waals surface area contributed by atoms with Crippen LogP contribution in [0.15, 0.2) is 0 Å². The van der Waals surface area contributed by atoms with Crippen molar-refractivity contribution in [3.63, 3.8) is 0 Å². The van der Waals surface area contributed by atoms with Crippen LogP contribution in [-0.4, -0.2) is 42.5 Å². The molecule has 0 radical (unpaired) electrons. The quantitative estimate of drug-likeness (QED) is 0.671. The standard InChI is InChI=1S/C10H18ClNO2/c1-3-12(4-2)10(13)9(11)8-5-6-14-7-8/h8-9H,3-7H2,1-2H3. The molecular weight excluding hydrogens is 202 g/mol. The van der Waals surface area contributed by atoms with E-state index in [9.17, 15) is 4.79 Å². The summed E-state index contributed by atoms with van der Waals surface area (Å²) in [6.07, 6.45) is 0.904. The first-order chi connectivity index (χ1) is 6.70. The Balaban J connectivity index is 2.49. The molecule has 1 aliphatic rings. The summed E-state index contributed by atoms with van der Waals surface area (Å²) in [5, 5.41) is -0.405. The van der Waals surface area contributed by atoms with E-state index in [2.05, 4.69) is 0 Å². The summed E-state index contributed by atoms with van der Waals surface area (Å²) in [4.78, 5) is 13.6. The van der Waals surface area contributed by atoms with Crippen molar-refractivity contribution in [2.24, 2.45) is 5.92 Å². The van der Waals surface area contributed by atoms with Gasteiger partial charge in [0.2, 0.25) is 5.91 Å². The maximum absolute atomic E-state index is 11.8. The second-order valence-corrected chi connectivity index (χ2v) is 4.01. The van der Waals surface area contributed by atoms with Gasteiger partial charge in [-0.3, -0.25) is 4.79 Å². The van der Waals surface area contributed by atoms with Crippen LogP contribution < -0.4 is 0 Å². The fourth-order valence-electron chi connectivity index (χ4n) is 1.69. The van der Waals surface area contributed by atoms with Gasteiger partial charge in [-0.25, -0.2) is 0 Å². The molecule has 0 aliphatic carbocycles. The highest BCUT2D eigenvalue weighted by Crippen LogP contribution is 2.22. The predicted octanol–water partition coefficient (Wildman–Crippen LogP) is 1.50. The molecule has 0 bridgehead atoms. The zero-order valence-electron chi connectivity index (χ0n) is 8.83. The van der Waals surface area contributed by atoms with Gasteiger partial charge in [-0.05, 0) is 20.3 Å². The largest absolute Gasteiger partial charge is 0.381 e. The van der Waals surface area contributed by atoms with Crippen LogP contribution in [0.2, 0.25) is 0 Å². The average molecular weight is 220 g/mol. The van der Waals surface area contributed by atoms with Gasteiger partial charge < -0.3 is 9.64 Å². The topological polar surface area (TPSA) is 29.5 Å². The Morgan fingerprint density at radius 1 is 1.57 bits per heavy atom. The molecule has 14 heavy (non-hydrogen) atoms. The van der Waals surface area contributed by atoms with E-state index < -0.39 is 5.38 Å². The van der Waals surface area contributed by atoms with Gasteiger partial charge in [0.05, 0.1) is 6.61 Å². The van der Waals surface area contributed by atoms with Crippen molar-refractivity contribution in [2.75, 3.05) is 26.3 Å². The minimum atomic E-state index is -0.405. The zero-order chi connectivity index (χ0) is 10.6. The normalized spacial score (nSPS) is 23.5. The van der Waals surface area contributed by atoms with Crippen molar-refractivity contribution < 1.29 is 9.53 Å². The van der Waals surface area contributed by atoms with Gasteiger partial charge in [0.25, 0.3) is 0 Å². The van der Waals surface area contributed by atoms with E-state index in [-0.39, 0.29) is 11.8 Å². The minimum absolute atomic E-state index is 0.0483. The molecule has 82 valence electrons. The molecule has 1 heterocycles. The van der Waals surface area contributed by atoms with Crippen LogP contribution in [0.25, 0.3) is 0 Å². The predicted molar refractivity (Wildman–Crippen MR) is 56.5 cm³/mol. The molecule has 1 fully saturated rings. The van der Waals surface area contributed by atoms with Crippen LogP contribution in [0.5, 0.6) is 0 Å². The Labute approximate surface area is 90.4 Å². The number of nitrogens with zero attached hydrogens (tertiary/aromatic N) is 1. The molecule has 0 aromatic carbocycles. The lowest BCUT2D eigenvalue weighted by molar-refractivity contribution is -0.131. The number of rotatable bonds is 4. The number of amides is 1. The summed E-state index contributed by atoms with van der Waals surface area (Å²) in [7, 11) is 0. The number of hydrogen-bond donors (Lipinski definition) is 0. The summed E-state index contributed by atoms with van der Waals surface area (Å²) >= 11 is 6.12. The molecule has 0 aromatic rings. The van der Waals surface area contributed by atoms with E-state index in [0.29, 0.717) is 6.61 Å². The van der Waals surface area contributed by atoms with Gasteiger partial charge in [-0.2, -0.15) is 0 Å². The molecule has 0 aromatic heterocycles. The van der Waals surface area contributed by atoms with Gasteiger partial charge in [-0.1, -0.05) is 0 Å². The second-order valence-electron chi connectivity index (χ2n) is 3.54. The first kappa shape index (κ1) is 11.8. The second kappa shape index (κ2) is 5.56. The monoisotopic (exact) mass is 219 g/mol. The molecule has 1 aliphatic heterocycles. The Bertz CT molecular complexity index is 189. The average Bonchev–Trinajstić information content (AvgIpc) is 2.71. The van der Waals surface area contributed by atoms with Gasteiger partial charge in [0.1, 0.15) is 5.38 Å². The number of carbonyl (C=O) groups excluding carboxylic acids is 1. The lowest BCUT2D eigenvalue weighted by atomic mass is 10.0. The van der Waals surface area contributed by atoms with E-state index >= 15 is 0 Å². The van der Waals surface area contributed by atoms with Crippen molar-refractivity contribution >= 4 is 17.5 Å². The van der Waals surface area contributed by atoms with Gasteiger partial charge in [0.15, 0.2) is 0 Å². The molecule has 3 nitrogen and oxygen atoms in total. The van der Waals surface area contributed by atoms with E-state index in [4.69, 9.17) is 16.3 Å². The maximum Gasteiger partial charge on any atom is 0.240 e. The maximum atomic E-state index is 11.8. The smallest absolute Gasteiger partial charge is 0.240 e. The van der Waals surface area contributed by atoms with E-state index in [1.165, 1.54) is 0 Å². The summed E-state index contributed by atoms with van der Waals surface area (Å²) < 4.78 is 5.22. The van der Waals surface area contributed by atoms with Crippen LogP contribution in [-0.2, 0) is 9.53 Å². The van der Waals surface area contributed by atoms with Crippen LogP contribution in [0.1, 0.15) is 20.3 Å². The third-order valence-electron chi connectivity index (χ3n) is 2.69. The van der Waals surface area contributed by atoms with Crippen molar-refractivity contribution in [2.45, 2.75) is 25.6 Å². The summed E-state index contributed by atoms with van der Waals surface area (Å²) in [6.45, 7) is 6.76. The highest BCUT2D eigenvalue weighted by molar-refractivity contribution is 6.30. The van der Waals surface area contributed by atoms with Gasteiger partial charge >= 0.3 is 0 Å². The van der Waals surface area contributed by atoms with Crippen LogP contribution in [0.3, 0.4) is 0 Å². The highest BCUT2D eigenvalue weighted by Gasteiger charge is 2.31. The molecule has 0 N–H and O–H groups in total. The molecule has 2 unspecified atom stereocenters. The summed E-state index contributed by atoms with van der Waals surface area (Å²) in [5.74, 6) is 0.247. The summed E-state index contributed by atoms with van der Waals surface area (Å²) in [5.41, 5.74) is 0. The Morgan fingerprint density at radius 3 is 2.64 bits per heavy atom. The molecule has 1 saturated heterocycles. The first-order valence-electron chi connectivity index (χ1n) is 5.21. The van der Waals surface area contributed by atoms with Crippen LogP contribution in [0.4, 0.5) is 0 Å². The Kier molecular flexibility index (Phi) is 4.69. The van der Waals surface area contributed by atoms with Crippen molar-refractivity contribution in [1.29, 1.82) is 0 Å². The minimum Gasteiger partial charge on any atom is -0.381 e. The molecule has 2 atom stereocenters. The molecule has 1 rings (SSSR count). The SMILES string of the molecule is CCN(CC)C(=O)C(Cl)C1CCOC1. The van der Waals surface area contributed by atoms with E-state index in [1.807, 2.05) is 13.8 Å². The molecular formula is C10H18ClNO2. The lowest BCUT2D eigenvalue weighted by Gasteiger charge is -2.24. The lowest BCUT2D eigenvalue weighted by Crippen LogP contribution is -2.40. The molecule has 4 heteroatoms. The Hall–Kier alpha value is -0.280. The fourth-order valence-corrected chi connectivity index (χ4v) is 2.03. The highest BCUT2D eigenvalue weighted by atomic mass is 35.5. The number of ether oxygens (including phenoxy) is 1. The fraction of sp³-hybridized carbons (Fsp3) is 0.900. The van der Waals surface area contributed by atoms with E-state index in [0.717, 1.165) is 26.1 Å². The van der Waals surface area contributed by atoms with Crippen molar-refractivity contribution in [1.82, 2.24) is 4.90 Å². The molecule has 0 saturated carbocycles. The number of alkyl halides is 1. The van der Waals surface area contributed by atoms with Gasteiger partial charge in [0, 0.05) is 25.6 Å². The van der Waals surface area contributed by atoms with Crippen molar-refractivity contribution in [3.8, 4) is 0 Å². The van der Waals surface area contributed by atoms with E-state index in [1.54, 1.807) is 4.90 Å². The third-order valence-corrected chi connectivity index (χ3v) is 3.23. The third kappa shape index (κ3) is 2.61. The first-order valence-corrected chi connectivity index (χ1v) is 5.64. The summed E-state index contributed by atoms with van der Waals surface area (Å²) in [6, 6.07) is 0.